The number of fused-ring (bicyclic) bond motifs is 2. The summed E-state index contributed by atoms with van der Waals surface area (Å²) >= 11 is 6.00. The lowest BCUT2D eigenvalue weighted by atomic mass is 9.93. The zero-order chi connectivity index (χ0) is 16.7. The maximum Gasteiger partial charge on any atom is 0.232 e. The molecule has 1 amide bonds. The quantitative estimate of drug-likeness (QED) is 0.926. The third-order valence-electron chi connectivity index (χ3n) is 4.29. The molecule has 0 bridgehead atoms. The number of nitrogens with one attached hydrogen (secondary N) is 1. The highest BCUT2D eigenvalue weighted by atomic mass is 35.5. The molecule has 24 heavy (non-hydrogen) atoms. The van der Waals surface area contributed by atoms with Crippen molar-refractivity contribution in [3.8, 4) is 17.2 Å². The Morgan fingerprint density at radius 1 is 1.25 bits per heavy atom. The van der Waals surface area contributed by atoms with Gasteiger partial charge in [0.1, 0.15) is 13.2 Å². The van der Waals surface area contributed by atoms with Crippen molar-refractivity contribution in [3.63, 3.8) is 0 Å². The highest BCUT2D eigenvalue weighted by Crippen LogP contribution is 2.42. The average Bonchev–Trinajstić information content (AvgIpc) is 2.88. The molecule has 124 valence electrons. The molecule has 2 aliphatic heterocycles. The van der Waals surface area contributed by atoms with Crippen molar-refractivity contribution in [2.45, 2.75) is 12.3 Å². The van der Waals surface area contributed by atoms with Crippen molar-refractivity contribution >= 4 is 23.2 Å². The van der Waals surface area contributed by atoms with Crippen LogP contribution < -0.4 is 19.5 Å². The molecule has 2 aromatic rings. The van der Waals surface area contributed by atoms with E-state index in [2.05, 4.69) is 5.32 Å². The minimum atomic E-state index is -0.260. The minimum Gasteiger partial charge on any atom is -0.493 e. The van der Waals surface area contributed by atoms with Gasteiger partial charge in [-0.15, -0.1) is 0 Å². The summed E-state index contributed by atoms with van der Waals surface area (Å²) in [7, 11) is 1.59. The fourth-order valence-corrected chi connectivity index (χ4v) is 3.36. The van der Waals surface area contributed by atoms with Crippen molar-refractivity contribution < 1.29 is 19.0 Å². The van der Waals surface area contributed by atoms with Gasteiger partial charge in [-0.25, -0.2) is 0 Å². The first-order valence-electron chi connectivity index (χ1n) is 7.72. The Kier molecular flexibility index (Phi) is 3.73. The molecular weight excluding hydrogens is 330 g/mol. The van der Waals surface area contributed by atoms with Gasteiger partial charge < -0.3 is 19.5 Å². The maximum atomic E-state index is 12.3. The molecule has 1 N–H and O–H groups in total. The summed E-state index contributed by atoms with van der Waals surface area (Å²) in [5, 5.41) is 3.50. The van der Waals surface area contributed by atoms with E-state index < -0.39 is 0 Å². The Morgan fingerprint density at radius 2 is 2.08 bits per heavy atom. The number of hydrogen-bond donors (Lipinski definition) is 1. The molecule has 2 aliphatic rings. The minimum absolute atomic E-state index is 0.0267. The summed E-state index contributed by atoms with van der Waals surface area (Å²) in [5.41, 5.74) is 2.69. The molecule has 6 heteroatoms. The number of ether oxygens (including phenoxy) is 3. The lowest BCUT2D eigenvalue weighted by Crippen LogP contribution is -2.17. The van der Waals surface area contributed by atoms with Crippen LogP contribution in [0.1, 0.15) is 17.0 Å². The summed E-state index contributed by atoms with van der Waals surface area (Å²) in [5.74, 6) is 1.61. The SMILES string of the molecule is COc1cc(C[C@H]2C(=O)Nc3cc(Cl)ccc32)cc2c1OCCO2. The number of carbonyl (C=O) groups is 1. The average molecular weight is 346 g/mol. The van der Waals surface area contributed by atoms with Gasteiger partial charge in [-0.3, -0.25) is 4.79 Å². The lowest BCUT2D eigenvalue weighted by Gasteiger charge is -2.22. The molecule has 0 radical (unpaired) electrons. The van der Waals surface area contributed by atoms with Crippen LogP contribution in [0.4, 0.5) is 5.69 Å². The number of carbonyl (C=O) groups excluding carboxylic acids is 1. The molecule has 0 fully saturated rings. The number of halogens is 1. The second-order valence-corrected chi connectivity index (χ2v) is 6.24. The largest absolute Gasteiger partial charge is 0.493 e. The predicted molar refractivity (Wildman–Crippen MR) is 90.5 cm³/mol. The van der Waals surface area contributed by atoms with E-state index in [4.69, 9.17) is 25.8 Å². The van der Waals surface area contributed by atoms with Gasteiger partial charge in [0.15, 0.2) is 11.5 Å². The Morgan fingerprint density at radius 3 is 2.92 bits per heavy atom. The Hall–Kier alpha value is -2.40. The highest BCUT2D eigenvalue weighted by molar-refractivity contribution is 6.31. The fourth-order valence-electron chi connectivity index (χ4n) is 3.19. The predicted octanol–water partition coefficient (Wildman–Crippen LogP) is 3.40. The van der Waals surface area contributed by atoms with Crippen LogP contribution >= 0.6 is 11.6 Å². The van der Waals surface area contributed by atoms with Crippen LogP contribution in [-0.4, -0.2) is 26.2 Å². The molecule has 1 atom stereocenters. The molecular formula is C18H16ClNO4. The molecule has 2 aromatic carbocycles. The van der Waals surface area contributed by atoms with Crippen LogP contribution in [-0.2, 0) is 11.2 Å². The first-order valence-corrected chi connectivity index (χ1v) is 8.10. The van der Waals surface area contributed by atoms with E-state index >= 15 is 0 Å². The first-order chi connectivity index (χ1) is 11.7. The van der Waals surface area contributed by atoms with Gasteiger partial charge in [0, 0.05) is 10.7 Å². The van der Waals surface area contributed by atoms with E-state index in [1.807, 2.05) is 18.2 Å². The van der Waals surface area contributed by atoms with Crippen molar-refractivity contribution in [1.29, 1.82) is 0 Å². The van der Waals surface area contributed by atoms with E-state index in [-0.39, 0.29) is 11.8 Å². The van der Waals surface area contributed by atoms with Crippen LogP contribution in [0.3, 0.4) is 0 Å². The first kappa shape index (κ1) is 15.1. The summed E-state index contributed by atoms with van der Waals surface area (Å²) in [6.07, 6.45) is 0.549. The molecule has 5 nitrogen and oxygen atoms in total. The molecule has 0 saturated heterocycles. The van der Waals surface area contributed by atoms with Crippen LogP contribution in [0.2, 0.25) is 5.02 Å². The van der Waals surface area contributed by atoms with E-state index in [9.17, 15) is 4.79 Å². The number of hydrogen-bond acceptors (Lipinski definition) is 4. The third kappa shape index (κ3) is 2.55. The summed E-state index contributed by atoms with van der Waals surface area (Å²) in [6.45, 7) is 1.01. The second kappa shape index (κ2) is 5.91. The normalized spacial score (nSPS) is 18.1. The van der Waals surface area contributed by atoms with Gasteiger partial charge in [0.05, 0.1) is 13.0 Å². The molecule has 2 heterocycles. The van der Waals surface area contributed by atoms with E-state index in [1.165, 1.54) is 0 Å². The van der Waals surface area contributed by atoms with Crippen LogP contribution in [0.15, 0.2) is 30.3 Å². The zero-order valence-corrected chi connectivity index (χ0v) is 13.9. The van der Waals surface area contributed by atoms with E-state index in [1.54, 1.807) is 19.2 Å². The molecule has 4 rings (SSSR count). The van der Waals surface area contributed by atoms with Crippen molar-refractivity contribution in [3.05, 3.63) is 46.5 Å². The molecule has 0 aromatic heterocycles. The van der Waals surface area contributed by atoms with Crippen molar-refractivity contribution in [1.82, 2.24) is 0 Å². The fraction of sp³-hybridized carbons (Fsp3) is 0.278. The molecule has 0 spiro atoms. The Labute approximate surface area is 144 Å². The molecule has 0 saturated carbocycles. The standard InChI is InChI=1S/C18H16ClNO4/c1-22-15-7-10(8-16-17(15)24-5-4-23-16)6-13-12-3-2-11(19)9-14(12)20-18(13)21/h2-3,7-9,13H,4-6H2,1H3,(H,20,21)/t13-/m1/s1. The maximum absolute atomic E-state index is 12.3. The van der Waals surface area contributed by atoms with Crippen molar-refractivity contribution in [2.75, 3.05) is 25.6 Å². The molecule has 0 unspecified atom stereocenters. The van der Waals surface area contributed by atoms with Gasteiger partial charge in [-0.05, 0) is 41.8 Å². The van der Waals surface area contributed by atoms with Gasteiger partial charge in [-0.1, -0.05) is 17.7 Å². The number of anilines is 1. The van der Waals surface area contributed by atoms with Gasteiger partial charge in [-0.2, -0.15) is 0 Å². The number of amides is 1. The third-order valence-corrected chi connectivity index (χ3v) is 4.53. The smallest absolute Gasteiger partial charge is 0.232 e. The Balaban J connectivity index is 1.68. The van der Waals surface area contributed by atoms with Gasteiger partial charge in [0.25, 0.3) is 0 Å². The Bertz CT molecular complexity index is 804. The van der Waals surface area contributed by atoms with Crippen LogP contribution in [0.5, 0.6) is 17.2 Å². The monoisotopic (exact) mass is 345 g/mol. The summed E-state index contributed by atoms with van der Waals surface area (Å²) in [4.78, 5) is 12.3. The van der Waals surface area contributed by atoms with E-state index in [0.717, 1.165) is 16.8 Å². The van der Waals surface area contributed by atoms with Gasteiger partial charge in [0.2, 0.25) is 11.7 Å². The summed E-state index contributed by atoms with van der Waals surface area (Å²) < 4.78 is 16.7. The number of rotatable bonds is 3. The lowest BCUT2D eigenvalue weighted by molar-refractivity contribution is -0.117. The topological polar surface area (TPSA) is 56.8 Å². The van der Waals surface area contributed by atoms with E-state index in [0.29, 0.717) is 41.9 Å². The van der Waals surface area contributed by atoms with Crippen LogP contribution in [0, 0.1) is 0 Å². The number of methoxy groups -OCH3 is 1. The number of benzene rings is 2. The highest BCUT2D eigenvalue weighted by Gasteiger charge is 2.31. The van der Waals surface area contributed by atoms with Gasteiger partial charge >= 0.3 is 0 Å². The summed E-state index contributed by atoms with van der Waals surface area (Å²) in [6, 6.07) is 9.29. The van der Waals surface area contributed by atoms with Crippen LogP contribution in [0.25, 0.3) is 0 Å². The van der Waals surface area contributed by atoms with Crippen molar-refractivity contribution in [2.24, 2.45) is 0 Å². The second-order valence-electron chi connectivity index (χ2n) is 5.80. The zero-order valence-electron chi connectivity index (χ0n) is 13.1. The molecule has 0 aliphatic carbocycles.